The number of hydrogen-bond donors (Lipinski definition) is 1. The molecule has 1 aliphatic carbocycles. The van der Waals surface area contributed by atoms with Crippen molar-refractivity contribution < 1.29 is 19.1 Å². The maximum Gasteiger partial charge on any atom is 0.335 e. The second kappa shape index (κ2) is 6.20. The Kier molecular flexibility index (Phi) is 4.26. The second-order valence-corrected chi connectivity index (χ2v) is 6.58. The summed E-state index contributed by atoms with van der Waals surface area (Å²) < 4.78 is 6.00. The molecule has 1 aromatic carbocycles. The molecule has 1 heterocycles. The number of carboxylic acid groups (broad SMARTS) is 1. The molecule has 0 aliphatic heterocycles. The third kappa shape index (κ3) is 3.32. The Morgan fingerprint density at radius 2 is 2.00 bits per heavy atom. The average Bonchev–Trinajstić information content (AvgIpc) is 3.18. The number of carbonyl (C=O) groups is 2. The molecular formula is C17H16BrNO4. The first-order chi connectivity index (χ1) is 11.0. The number of furan rings is 1. The van der Waals surface area contributed by atoms with Crippen molar-refractivity contribution in [2.24, 2.45) is 0 Å². The molecule has 1 N–H and O–H groups in total. The molecule has 1 aromatic heterocycles. The summed E-state index contributed by atoms with van der Waals surface area (Å²) in [5.41, 5.74) is 0.450. The number of halogens is 1. The summed E-state index contributed by atoms with van der Waals surface area (Å²) in [6, 6.07) is 8.17. The van der Waals surface area contributed by atoms with Crippen LogP contribution in [0.3, 0.4) is 0 Å². The van der Waals surface area contributed by atoms with E-state index in [4.69, 9.17) is 4.42 Å². The molecule has 1 amide bonds. The first-order valence-corrected chi connectivity index (χ1v) is 8.16. The minimum absolute atomic E-state index is 0.0872. The summed E-state index contributed by atoms with van der Waals surface area (Å²) in [4.78, 5) is 25.9. The number of hydrogen-bond acceptors (Lipinski definition) is 3. The van der Waals surface area contributed by atoms with Gasteiger partial charge in [0.05, 0.1) is 17.9 Å². The van der Waals surface area contributed by atoms with Gasteiger partial charge in [0.1, 0.15) is 5.76 Å². The highest BCUT2D eigenvalue weighted by atomic mass is 79.9. The average molecular weight is 378 g/mol. The van der Waals surface area contributed by atoms with E-state index >= 15 is 0 Å². The fourth-order valence-corrected chi connectivity index (χ4v) is 3.16. The minimum atomic E-state index is -1.06. The molecule has 1 aliphatic rings. The highest BCUT2D eigenvalue weighted by molar-refractivity contribution is 9.10. The highest BCUT2D eigenvalue weighted by Gasteiger charge is 2.37. The largest absolute Gasteiger partial charge is 0.478 e. The van der Waals surface area contributed by atoms with E-state index in [0.29, 0.717) is 10.0 Å². The summed E-state index contributed by atoms with van der Waals surface area (Å²) in [5, 5.41) is 9.17. The molecule has 0 bridgehead atoms. The van der Waals surface area contributed by atoms with Crippen LogP contribution in [0.4, 0.5) is 0 Å². The van der Waals surface area contributed by atoms with E-state index in [1.807, 2.05) is 13.0 Å². The number of carboxylic acids is 1. The number of amides is 1. The van der Waals surface area contributed by atoms with E-state index < -0.39 is 5.97 Å². The molecule has 1 saturated carbocycles. The lowest BCUT2D eigenvalue weighted by molar-refractivity contribution is 0.0652. The van der Waals surface area contributed by atoms with Crippen molar-refractivity contribution in [2.45, 2.75) is 31.8 Å². The van der Waals surface area contributed by atoms with Gasteiger partial charge in [-0.05, 0) is 50.1 Å². The first-order valence-electron chi connectivity index (χ1n) is 7.37. The van der Waals surface area contributed by atoms with Crippen LogP contribution < -0.4 is 0 Å². The third-order valence-electron chi connectivity index (χ3n) is 3.94. The number of nitrogens with zero attached hydrogens (tertiary/aromatic N) is 1. The van der Waals surface area contributed by atoms with Gasteiger partial charge in [-0.25, -0.2) is 4.79 Å². The van der Waals surface area contributed by atoms with Crippen molar-refractivity contribution >= 4 is 27.8 Å². The predicted octanol–water partition coefficient (Wildman–Crippen LogP) is 4.11. The molecule has 3 rings (SSSR count). The summed E-state index contributed by atoms with van der Waals surface area (Å²) in [7, 11) is 0. The molecular weight excluding hydrogens is 362 g/mol. The summed E-state index contributed by atoms with van der Waals surface area (Å²) in [6.07, 6.45) is 3.50. The molecule has 6 heteroatoms. The van der Waals surface area contributed by atoms with Gasteiger partial charge in [0, 0.05) is 16.1 Å². The maximum atomic E-state index is 13.0. The predicted molar refractivity (Wildman–Crippen MR) is 87.4 cm³/mol. The Hall–Kier alpha value is -2.08. The summed E-state index contributed by atoms with van der Waals surface area (Å²) in [5.74, 6) is -0.517. The Balaban J connectivity index is 1.94. The van der Waals surface area contributed by atoms with Gasteiger partial charge in [-0.2, -0.15) is 0 Å². The molecule has 0 spiro atoms. The normalized spacial score (nSPS) is 15.2. The number of rotatable bonds is 5. The van der Waals surface area contributed by atoms with Gasteiger partial charge >= 0.3 is 5.97 Å². The molecule has 1 atom stereocenters. The van der Waals surface area contributed by atoms with Crippen LogP contribution in [0.5, 0.6) is 0 Å². The number of carbonyl (C=O) groups excluding carboxylic acids is 1. The standard InChI is InChI=1S/C17H16BrNO4/c1-10(15-3-2-6-23-15)19(14-4-5-14)16(20)11-7-12(17(21)22)9-13(18)8-11/h2-3,6-10,14H,4-5H2,1H3,(H,21,22). The van der Waals surface area contributed by atoms with Gasteiger partial charge < -0.3 is 14.4 Å². The van der Waals surface area contributed by atoms with Gasteiger partial charge in [0.25, 0.3) is 5.91 Å². The van der Waals surface area contributed by atoms with Gasteiger partial charge in [-0.3, -0.25) is 4.79 Å². The van der Waals surface area contributed by atoms with Crippen molar-refractivity contribution in [1.82, 2.24) is 4.90 Å². The van der Waals surface area contributed by atoms with Crippen LogP contribution >= 0.6 is 15.9 Å². The van der Waals surface area contributed by atoms with Crippen LogP contribution in [-0.2, 0) is 0 Å². The van der Waals surface area contributed by atoms with Crippen LogP contribution in [0.25, 0.3) is 0 Å². The molecule has 1 unspecified atom stereocenters. The summed E-state index contributed by atoms with van der Waals surface area (Å²) in [6.45, 7) is 1.92. The molecule has 120 valence electrons. The molecule has 2 aromatic rings. The fraction of sp³-hybridized carbons (Fsp3) is 0.294. The maximum absolute atomic E-state index is 13.0. The van der Waals surface area contributed by atoms with E-state index in [0.717, 1.165) is 18.6 Å². The first kappa shape index (κ1) is 15.8. The van der Waals surface area contributed by atoms with Crippen molar-refractivity contribution in [3.8, 4) is 0 Å². The lowest BCUT2D eigenvalue weighted by Crippen LogP contribution is -2.35. The quantitative estimate of drug-likeness (QED) is 0.850. The van der Waals surface area contributed by atoms with Crippen LogP contribution in [0, 0.1) is 0 Å². The van der Waals surface area contributed by atoms with E-state index in [1.54, 1.807) is 23.3 Å². The monoisotopic (exact) mass is 377 g/mol. The van der Waals surface area contributed by atoms with Crippen LogP contribution in [0.15, 0.2) is 45.5 Å². The van der Waals surface area contributed by atoms with Gasteiger partial charge in [0.15, 0.2) is 0 Å². The number of aromatic carboxylic acids is 1. The zero-order valence-corrected chi connectivity index (χ0v) is 14.1. The van der Waals surface area contributed by atoms with Crippen molar-refractivity contribution in [1.29, 1.82) is 0 Å². The Bertz CT molecular complexity index is 737. The van der Waals surface area contributed by atoms with Crippen molar-refractivity contribution in [3.63, 3.8) is 0 Å². The van der Waals surface area contributed by atoms with Crippen LogP contribution in [-0.4, -0.2) is 27.9 Å². The van der Waals surface area contributed by atoms with Crippen LogP contribution in [0.1, 0.15) is 52.3 Å². The van der Waals surface area contributed by atoms with Gasteiger partial charge in [-0.15, -0.1) is 0 Å². The molecule has 23 heavy (non-hydrogen) atoms. The molecule has 0 radical (unpaired) electrons. The van der Waals surface area contributed by atoms with Crippen LogP contribution in [0.2, 0.25) is 0 Å². The van der Waals surface area contributed by atoms with E-state index in [9.17, 15) is 14.7 Å². The van der Waals surface area contributed by atoms with E-state index in [-0.39, 0.29) is 23.6 Å². The van der Waals surface area contributed by atoms with Crippen molar-refractivity contribution in [2.75, 3.05) is 0 Å². The zero-order valence-electron chi connectivity index (χ0n) is 12.5. The topological polar surface area (TPSA) is 70.8 Å². The van der Waals surface area contributed by atoms with E-state index in [1.165, 1.54) is 12.1 Å². The third-order valence-corrected chi connectivity index (χ3v) is 4.40. The minimum Gasteiger partial charge on any atom is -0.478 e. The Labute approximate surface area is 142 Å². The Morgan fingerprint density at radius 3 is 2.57 bits per heavy atom. The van der Waals surface area contributed by atoms with Gasteiger partial charge in [0.2, 0.25) is 0 Å². The number of benzene rings is 1. The molecule has 1 fully saturated rings. The van der Waals surface area contributed by atoms with E-state index in [2.05, 4.69) is 15.9 Å². The van der Waals surface area contributed by atoms with Gasteiger partial charge in [-0.1, -0.05) is 15.9 Å². The van der Waals surface area contributed by atoms with Crippen molar-refractivity contribution in [3.05, 3.63) is 58.0 Å². The zero-order chi connectivity index (χ0) is 16.6. The fourth-order valence-electron chi connectivity index (χ4n) is 2.66. The SMILES string of the molecule is CC(c1ccco1)N(C(=O)c1cc(Br)cc(C(=O)O)c1)C1CC1. The summed E-state index contributed by atoms with van der Waals surface area (Å²) >= 11 is 3.27. The molecule has 0 saturated heterocycles. The smallest absolute Gasteiger partial charge is 0.335 e. The lowest BCUT2D eigenvalue weighted by Gasteiger charge is -2.28. The highest BCUT2D eigenvalue weighted by Crippen LogP contribution is 2.36. The lowest BCUT2D eigenvalue weighted by atomic mass is 10.1. The molecule has 5 nitrogen and oxygen atoms in total. The Morgan fingerprint density at radius 1 is 1.30 bits per heavy atom. The second-order valence-electron chi connectivity index (χ2n) is 5.67.